The molecule has 1 aromatic rings. The van der Waals surface area contributed by atoms with Crippen molar-refractivity contribution in [2.45, 2.75) is 30.0 Å². The van der Waals surface area contributed by atoms with Crippen LogP contribution in [0.15, 0.2) is 23.1 Å². The van der Waals surface area contributed by atoms with Crippen molar-refractivity contribution >= 4 is 20.8 Å². The summed E-state index contributed by atoms with van der Waals surface area (Å²) in [5.74, 6) is -0.640. The van der Waals surface area contributed by atoms with Crippen molar-refractivity contribution in [3.63, 3.8) is 0 Å². The maximum atomic E-state index is 13.5. The van der Waals surface area contributed by atoms with Gasteiger partial charge >= 0.3 is 0 Å². The Balaban J connectivity index is 2.85. The summed E-state index contributed by atoms with van der Waals surface area (Å²) in [6, 6.07) is 3.81. The van der Waals surface area contributed by atoms with Gasteiger partial charge in [0.2, 0.25) is 10.0 Å². The SMILES string of the molecule is CC(CCNS(=O)(=O)c1cccc(F)c1CN)S(C)=O. The molecule has 2 unspecified atom stereocenters. The first-order chi connectivity index (χ1) is 9.29. The number of halogens is 1. The van der Waals surface area contributed by atoms with E-state index in [0.717, 1.165) is 0 Å². The van der Waals surface area contributed by atoms with Gasteiger partial charge in [0, 0.05) is 41.0 Å². The first kappa shape index (κ1) is 17.2. The van der Waals surface area contributed by atoms with Crippen LogP contribution in [0.4, 0.5) is 4.39 Å². The second kappa shape index (κ2) is 7.26. The van der Waals surface area contributed by atoms with Gasteiger partial charge in [-0.3, -0.25) is 4.21 Å². The Labute approximate surface area is 121 Å². The molecule has 3 N–H and O–H groups in total. The van der Waals surface area contributed by atoms with E-state index in [1.807, 2.05) is 0 Å². The molecule has 0 saturated heterocycles. The van der Waals surface area contributed by atoms with Crippen LogP contribution in [0.1, 0.15) is 18.9 Å². The summed E-state index contributed by atoms with van der Waals surface area (Å²) in [5.41, 5.74) is 5.36. The molecule has 0 aromatic heterocycles. The van der Waals surface area contributed by atoms with Crippen molar-refractivity contribution in [1.82, 2.24) is 4.72 Å². The summed E-state index contributed by atoms with van der Waals surface area (Å²) in [6.07, 6.45) is 2.01. The van der Waals surface area contributed by atoms with E-state index in [-0.39, 0.29) is 28.8 Å². The predicted molar refractivity (Wildman–Crippen MR) is 77.6 cm³/mol. The molecule has 0 heterocycles. The van der Waals surface area contributed by atoms with E-state index in [1.54, 1.807) is 13.2 Å². The van der Waals surface area contributed by atoms with Crippen LogP contribution in [0.25, 0.3) is 0 Å². The number of sulfonamides is 1. The summed E-state index contributed by atoms with van der Waals surface area (Å²) in [4.78, 5) is -0.148. The molecule has 1 rings (SSSR count). The van der Waals surface area contributed by atoms with E-state index in [2.05, 4.69) is 4.72 Å². The number of nitrogens with one attached hydrogen (secondary N) is 1. The summed E-state index contributed by atoms with van der Waals surface area (Å²) in [7, 11) is -4.82. The Hall–Kier alpha value is -0.830. The number of benzene rings is 1. The highest BCUT2D eigenvalue weighted by Crippen LogP contribution is 2.18. The zero-order chi connectivity index (χ0) is 15.3. The zero-order valence-corrected chi connectivity index (χ0v) is 13.1. The fourth-order valence-corrected chi connectivity index (χ4v) is 3.38. The van der Waals surface area contributed by atoms with Gasteiger partial charge in [0.15, 0.2) is 0 Å². The minimum atomic E-state index is -3.82. The van der Waals surface area contributed by atoms with Crippen molar-refractivity contribution in [3.05, 3.63) is 29.6 Å². The highest BCUT2D eigenvalue weighted by molar-refractivity contribution is 7.89. The smallest absolute Gasteiger partial charge is 0.240 e. The van der Waals surface area contributed by atoms with Gasteiger partial charge in [-0.15, -0.1) is 0 Å². The normalized spacial score (nSPS) is 15.0. The molecule has 0 aliphatic carbocycles. The third-order valence-corrected chi connectivity index (χ3v) is 5.89. The molecule has 2 atom stereocenters. The lowest BCUT2D eigenvalue weighted by atomic mass is 10.2. The second-order valence-electron chi connectivity index (χ2n) is 4.42. The Kier molecular flexibility index (Phi) is 6.25. The molecule has 114 valence electrons. The maximum absolute atomic E-state index is 13.5. The Morgan fingerprint density at radius 1 is 1.45 bits per heavy atom. The highest BCUT2D eigenvalue weighted by Gasteiger charge is 2.20. The topological polar surface area (TPSA) is 89.3 Å². The quantitative estimate of drug-likeness (QED) is 0.774. The fourth-order valence-electron chi connectivity index (χ4n) is 1.63. The zero-order valence-electron chi connectivity index (χ0n) is 11.4. The van der Waals surface area contributed by atoms with Crippen LogP contribution in [0.5, 0.6) is 0 Å². The third kappa shape index (κ3) is 4.34. The molecule has 8 heteroatoms. The largest absolute Gasteiger partial charge is 0.326 e. The van der Waals surface area contributed by atoms with Gasteiger partial charge in [0.1, 0.15) is 5.82 Å². The average Bonchev–Trinajstić information content (AvgIpc) is 2.37. The van der Waals surface area contributed by atoms with Crippen molar-refractivity contribution in [1.29, 1.82) is 0 Å². The monoisotopic (exact) mass is 322 g/mol. The van der Waals surface area contributed by atoms with E-state index in [0.29, 0.717) is 6.42 Å². The van der Waals surface area contributed by atoms with Gasteiger partial charge in [0.25, 0.3) is 0 Å². The third-order valence-electron chi connectivity index (χ3n) is 2.98. The van der Waals surface area contributed by atoms with Crippen LogP contribution < -0.4 is 10.5 Å². The first-order valence-electron chi connectivity index (χ1n) is 6.09. The number of nitrogens with two attached hydrogens (primary N) is 1. The standard InChI is InChI=1S/C12H19FN2O3S2/c1-9(19(2)16)6-7-15-20(17,18)12-5-3-4-11(13)10(12)8-14/h3-5,9,15H,6-8,14H2,1-2H3. The van der Waals surface area contributed by atoms with E-state index in [4.69, 9.17) is 5.73 Å². The molecular weight excluding hydrogens is 303 g/mol. The number of hydrogen-bond donors (Lipinski definition) is 2. The molecule has 0 aliphatic rings. The second-order valence-corrected chi connectivity index (χ2v) is 7.95. The van der Waals surface area contributed by atoms with Crippen LogP contribution in [0.3, 0.4) is 0 Å². The van der Waals surface area contributed by atoms with Crippen LogP contribution in [-0.2, 0) is 27.4 Å². The van der Waals surface area contributed by atoms with Gasteiger partial charge < -0.3 is 5.73 Å². The lowest BCUT2D eigenvalue weighted by molar-refractivity contribution is 0.568. The minimum absolute atomic E-state index is 0.0351. The Bertz CT molecular complexity index is 590. The van der Waals surface area contributed by atoms with E-state index >= 15 is 0 Å². The molecule has 5 nitrogen and oxygen atoms in total. The molecule has 0 aliphatic heterocycles. The molecule has 0 spiro atoms. The van der Waals surface area contributed by atoms with Crippen LogP contribution in [0, 0.1) is 5.82 Å². The van der Waals surface area contributed by atoms with Crippen LogP contribution in [0.2, 0.25) is 0 Å². The van der Waals surface area contributed by atoms with Gasteiger partial charge in [-0.05, 0) is 18.6 Å². The molecule has 0 fully saturated rings. The summed E-state index contributed by atoms with van der Waals surface area (Å²) >= 11 is 0. The number of rotatable bonds is 7. The van der Waals surface area contributed by atoms with Gasteiger partial charge in [-0.1, -0.05) is 13.0 Å². The maximum Gasteiger partial charge on any atom is 0.240 e. The summed E-state index contributed by atoms with van der Waals surface area (Å²) < 4.78 is 51.3. The van der Waals surface area contributed by atoms with Gasteiger partial charge in [-0.25, -0.2) is 17.5 Å². The van der Waals surface area contributed by atoms with E-state index < -0.39 is 26.6 Å². The molecule has 0 saturated carbocycles. The van der Waals surface area contributed by atoms with Crippen LogP contribution >= 0.6 is 0 Å². The predicted octanol–water partition coefficient (Wildman–Crippen LogP) is 0.720. The van der Waals surface area contributed by atoms with Crippen molar-refractivity contribution in [2.24, 2.45) is 5.73 Å². The Morgan fingerprint density at radius 3 is 2.65 bits per heavy atom. The summed E-state index contributed by atoms with van der Waals surface area (Å²) in [6.45, 7) is 1.72. The van der Waals surface area contributed by atoms with Crippen molar-refractivity contribution < 1.29 is 17.0 Å². The molecule has 20 heavy (non-hydrogen) atoms. The minimum Gasteiger partial charge on any atom is -0.326 e. The van der Waals surface area contributed by atoms with Crippen molar-refractivity contribution in [3.8, 4) is 0 Å². The lowest BCUT2D eigenvalue weighted by Crippen LogP contribution is -2.29. The molecule has 0 amide bonds. The lowest BCUT2D eigenvalue weighted by Gasteiger charge is -2.12. The fraction of sp³-hybridized carbons (Fsp3) is 0.500. The van der Waals surface area contributed by atoms with Crippen molar-refractivity contribution in [2.75, 3.05) is 12.8 Å². The number of hydrogen-bond acceptors (Lipinski definition) is 4. The van der Waals surface area contributed by atoms with Crippen LogP contribution in [-0.4, -0.2) is 30.7 Å². The van der Waals surface area contributed by atoms with Gasteiger partial charge in [-0.2, -0.15) is 0 Å². The summed E-state index contributed by atoms with van der Waals surface area (Å²) in [5, 5.41) is -0.112. The molecule has 0 bridgehead atoms. The molecular formula is C12H19FN2O3S2. The molecule has 1 aromatic carbocycles. The van der Waals surface area contributed by atoms with Gasteiger partial charge in [0.05, 0.1) is 4.90 Å². The molecule has 0 radical (unpaired) electrons. The van der Waals surface area contributed by atoms with E-state index in [9.17, 15) is 17.0 Å². The van der Waals surface area contributed by atoms with E-state index in [1.165, 1.54) is 18.2 Å². The first-order valence-corrected chi connectivity index (χ1v) is 9.19. The average molecular weight is 322 g/mol. The highest BCUT2D eigenvalue weighted by atomic mass is 32.2. The Morgan fingerprint density at radius 2 is 2.10 bits per heavy atom.